The predicted octanol–water partition coefficient (Wildman–Crippen LogP) is 0.960. The van der Waals surface area contributed by atoms with Crippen molar-refractivity contribution in [1.82, 2.24) is 4.90 Å². The highest BCUT2D eigenvalue weighted by Crippen LogP contribution is 2.47. The fraction of sp³-hybridized carbons (Fsp3) is 1.00. The summed E-state index contributed by atoms with van der Waals surface area (Å²) >= 11 is 0. The van der Waals surface area contributed by atoms with Crippen molar-refractivity contribution in [3.05, 3.63) is 0 Å². The van der Waals surface area contributed by atoms with Crippen molar-refractivity contribution in [2.75, 3.05) is 6.54 Å². The van der Waals surface area contributed by atoms with E-state index >= 15 is 0 Å². The van der Waals surface area contributed by atoms with Crippen molar-refractivity contribution in [3.63, 3.8) is 0 Å². The summed E-state index contributed by atoms with van der Waals surface area (Å²) in [4.78, 5) is 2.76. The van der Waals surface area contributed by atoms with Gasteiger partial charge in [-0.15, -0.1) is 0 Å². The van der Waals surface area contributed by atoms with Gasteiger partial charge in [-0.05, 0) is 38.0 Å². The Kier molecular flexibility index (Phi) is 1.50. The van der Waals surface area contributed by atoms with E-state index in [1.54, 1.807) is 0 Å². The highest BCUT2D eigenvalue weighted by atomic mass is 15.3. The molecule has 12 heavy (non-hydrogen) atoms. The molecule has 1 aliphatic heterocycles. The maximum atomic E-state index is 5.83. The zero-order valence-corrected chi connectivity index (χ0v) is 7.58. The van der Waals surface area contributed by atoms with Gasteiger partial charge in [-0.25, -0.2) is 0 Å². The average Bonchev–Trinajstić information content (AvgIpc) is 2.74. The largest absolute Gasteiger partial charge is 0.329 e. The molecule has 2 nitrogen and oxygen atoms in total. The van der Waals surface area contributed by atoms with Crippen LogP contribution >= 0.6 is 0 Å². The summed E-state index contributed by atoms with van der Waals surface area (Å²) < 4.78 is 0. The van der Waals surface area contributed by atoms with Crippen LogP contribution in [0.4, 0.5) is 0 Å². The third-order valence-electron chi connectivity index (χ3n) is 4.00. The molecule has 1 heterocycles. The minimum atomic E-state index is 0.760. The molecular formula is C10H18N2. The molecule has 1 saturated heterocycles. The lowest BCUT2D eigenvalue weighted by Gasteiger charge is -2.34. The Bertz CT molecular complexity index is 188. The first-order valence-electron chi connectivity index (χ1n) is 5.37. The Hall–Kier alpha value is -0.0800. The molecule has 0 amide bonds. The highest BCUT2D eigenvalue weighted by molar-refractivity contribution is 5.05. The summed E-state index contributed by atoms with van der Waals surface area (Å²) in [6, 6.07) is 2.63. The zero-order chi connectivity index (χ0) is 8.13. The lowest BCUT2D eigenvalue weighted by atomic mass is 9.99. The first-order chi connectivity index (χ1) is 5.90. The lowest BCUT2D eigenvalue weighted by Crippen LogP contribution is -2.46. The van der Waals surface area contributed by atoms with Crippen LogP contribution in [0.5, 0.6) is 0 Å². The molecule has 2 aliphatic carbocycles. The number of nitrogens with two attached hydrogens (primary N) is 1. The minimum Gasteiger partial charge on any atom is -0.329 e. The second-order valence-corrected chi connectivity index (χ2v) is 4.71. The molecule has 0 aromatic carbocycles. The van der Waals surface area contributed by atoms with Gasteiger partial charge in [0.1, 0.15) is 0 Å². The third-order valence-corrected chi connectivity index (χ3v) is 4.00. The molecule has 0 aromatic rings. The quantitative estimate of drug-likeness (QED) is 0.662. The van der Waals surface area contributed by atoms with Crippen LogP contribution in [0.1, 0.15) is 32.1 Å². The van der Waals surface area contributed by atoms with Gasteiger partial charge in [0, 0.05) is 24.7 Å². The molecule has 2 saturated carbocycles. The van der Waals surface area contributed by atoms with Gasteiger partial charge in [0.15, 0.2) is 0 Å². The van der Waals surface area contributed by atoms with E-state index in [-0.39, 0.29) is 0 Å². The summed E-state index contributed by atoms with van der Waals surface area (Å²) in [6.45, 7) is 0.900. The van der Waals surface area contributed by atoms with Crippen LogP contribution in [0, 0.1) is 5.92 Å². The zero-order valence-electron chi connectivity index (χ0n) is 7.58. The SMILES string of the molecule is NCC1C2CCC(C2)N1C1CC1. The molecule has 3 fully saturated rings. The van der Waals surface area contributed by atoms with Crippen LogP contribution in [-0.4, -0.2) is 29.6 Å². The monoisotopic (exact) mass is 166 g/mol. The Morgan fingerprint density at radius 2 is 1.83 bits per heavy atom. The molecular weight excluding hydrogens is 148 g/mol. The van der Waals surface area contributed by atoms with Gasteiger partial charge >= 0.3 is 0 Å². The van der Waals surface area contributed by atoms with Crippen molar-refractivity contribution in [2.24, 2.45) is 11.7 Å². The van der Waals surface area contributed by atoms with E-state index in [1.165, 1.54) is 32.1 Å². The number of piperidine rings is 1. The lowest BCUT2D eigenvalue weighted by molar-refractivity contribution is 0.134. The normalized spacial score (nSPS) is 47.2. The molecule has 2 heteroatoms. The van der Waals surface area contributed by atoms with Gasteiger partial charge in [-0.1, -0.05) is 0 Å². The Morgan fingerprint density at radius 1 is 1.08 bits per heavy atom. The summed E-state index contributed by atoms with van der Waals surface area (Å²) in [5.41, 5.74) is 5.83. The van der Waals surface area contributed by atoms with E-state index in [0.717, 1.165) is 30.6 Å². The van der Waals surface area contributed by atoms with Gasteiger partial charge in [0.25, 0.3) is 0 Å². The van der Waals surface area contributed by atoms with Gasteiger partial charge in [-0.2, -0.15) is 0 Å². The first-order valence-corrected chi connectivity index (χ1v) is 5.37. The molecule has 3 aliphatic rings. The Labute approximate surface area is 74.1 Å². The number of hydrogen-bond donors (Lipinski definition) is 1. The van der Waals surface area contributed by atoms with E-state index < -0.39 is 0 Å². The van der Waals surface area contributed by atoms with Crippen LogP contribution in [0.25, 0.3) is 0 Å². The van der Waals surface area contributed by atoms with E-state index in [1.807, 2.05) is 0 Å². The van der Waals surface area contributed by atoms with Crippen LogP contribution in [0.3, 0.4) is 0 Å². The van der Waals surface area contributed by atoms with E-state index in [9.17, 15) is 0 Å². The minimum absolute atomic E-state index is 0.760. The maximum Gasteiger partial charge on any atom is 0.0253 e. The average molecular weight is 166 g/mol. The topological polar surface area (TPSA) is 29.3 Å². The van der Waals surface area contributed by atoms with Crippen molar-refractivity contribution in [2.45, 2.75) is 50.2 Å². The van der Waals surface area contributed by atoms with E-state index in [4.69, 9.17) is 5.73 Å². The second kappa shape index (κ2) is 2.46. The highest BCUT2D eigenvalue weighted by Gasteiger charge is 2.49. The summed E-state index contributed by atoms with van der Waals surface area (Å²) in [5, 5.41) is 0. The maximum absolute atomic E-state index is 5.83. The van der Waals surface area contributed by atoms with Crippen molar-refractivity contribution in [1.29, 1.82) is 0 Å². The first kappa shape index (κ1) is 7.34. The molecule has 0 radical (unpaired) electrons. The van der Waals surface area contributed by atoms with Gasteiger partial charge < -0.3 is 5.73 Å². The van der Waals surface area contributed by atoms with E-state index in [2.05, 4.69) is 4.90 Å². The smallest absolute Gasteiger partial charge is 0.0253 e. The molecule has 3 atom stereocenters. The summed E-state index contributed by atoms with van der Waals surface area (Å²) in [5.74, 6) is 0.959. The van der Waals surface area contributed by atoms with Crippen molar-refractivity contribution >= 4 is 0 Å². The van der Waals surface area contributed by atoms with Gasteiger partial charge in [-0.3, -0.25) is 4.90 Å². The second-order valence-electron chi connectivity index (χ2n) is 4.71. The molecule has 3 unspecified atom stereocenters. The Morgan fingerprint density at radius 3 is 2.50 bits per heavy atom. The number of likely N-dealkylation sites (tertiary alicyclic amines) is 1. The summed E-state index contributed by atoms with van der Waals surface area (Å²) in [6.07, 6.45) is 7.26. The predicted molar refractivity (Wildman–Crippen MR) is 48.8 cm³/mol. The molecule has 0 aromatic heterocycles. The van der Waals surface area contributed by atoms with Crippen LogP contribution in [0.15, 0.2) is 0 Å². The molecule has 0 spiro atoms. The standard InChI is InChI=1S/C10H18N2/c11-6-10-7-1-2-9(5-7)12(10)8-3-4-8/h7-10H,1-6,11H2. The third kappa shape index (κ3) is 0.882. The van der Waals surface area contributed by atoms with Crippen molar-refractivity contribution in [3.8, 4) is 0 Å². The number of rotatable bonds is 2. The van der Waals surface area contributed by atoms with Crippen molar-refractivity contribution < 1.29 is 0 Å². The number of fused-ring (bicyclic) bond motifs is 2. The van der Waals surface area contributed by atoms with E-state index in [0.29, 0.717) is 0 Å². The molecule has 2 N–H and O–H groups in total. The molecule has 3 rings (SSSR count). The Balaban J connectivity index is 1.80. The van der Waals surface area contributed by atoms with Crippen LogP contribution in [0.2, 0.25) is 0 Å². The van der Waals surface area contributed by atoms with Gasteiger partial charge in [0.2, 0.25) is 0 Å². The molecule has 68 valence electrons. The van der Waals surface area contributed by atoms with Crippen LogP contribution < -0.4 is 5.73 Å². The number of nitrogens with zero attached hydrogens (tertiary/aromatic N) is 1. The molecule has 2 bridgehead atoms. The number of hydrogen-bond acceptors (Lipinski definition) is 2. The fourth-order valence-corrected chi connectivity index (χ4v) is 3.38. The fourth-order valence-electron chi connectivity index (χ4n) is 3.38. The van der Waals surface area contributed by atoms with Gasteiger partial charge in [0.05, 0.1) is 0 Å². The van der Waals surface area contributed by atoms with Crippen LogP contribution in [-0.2, 0) is 0 Å². The summed E-state index contributed by atoms with van der Waals surface area (Å²) in [7, 11) is 0.